The van der Waals surface area contributed by atoms with Crippen LogP contribution in [-0.4, -0.2) is 55.1 Å². The molecule has 0 unspecified atom stereocenters. The number of nitrogens with one attached hydrogen (secondary N) is 1. The fourth-order valence-electron chi connectivity index (χ4n) is 4.08. The molecule has 214 valence electrons. The van der Waals surface area contributed by atoms with Gasteiger partial charge in [-0.3, -0.25) is 4.79 Å². The van der Waals surface area contributed by atoms with Crippen LogP contribution in [0, 0.1) is 0 Å². The summed E-state index contributed by atoms with van der Waals surface area (Å²) >= 11 is 5.54. The molecule has 2 aromatic carbocycles. The van der Waals surface area contributed by atoms with E-state index >= 15 is 0 Å². The molecule has 4 rings (SSSR count). The number of hydrogen-bond acceptors (Lipinski definition) is 5. The number of hydrogen-bond donors (Lipinski definition) is 2. The maximum absolute atomic E-state index is 13.1. The van der Waals surface area contributed by atoms with E-state index in [0.29, 0.717) is 51.5 Å². The van der Waals surface area contributed by atoms with Crippen molar-refractivity contribution in [3.05, 3.63) is 81.8 Å². The van der Waals surface area contributed by atoms with Crippen molar-refractivity contribution >= 4 is 17.5 Å². The number of morpholine rings is 1. The number of ether oxygens (including phenoxy) is 1. The summed E-state index contributed by atoms with van der Waals surface area (Å²) in [4.78, 5) is 16.0. The van der Waals surface area contributed by atoms with Gasteiger partial charge in [-0.25, -0.2) is 0 Å². The molecule has 2 aromatic rings. The predicted molar refractivity (Wildman–Crippen MR) is 134 cm³/mol. The van der Waals surface area contributed by atoms with Crippen LogP contribution in [-0.2, 0) is 28.4 Å². The predicted octanol–water partition coefficient (Wildman–Crippen LogP) is 5.24. The van der Waals surface area contributed by atoms with E-state index in [1.807, 2.05) is 30.3 Å². The molecule has 0 atom stereocenters. The monoisotopic (exact) mass is 578 g/mol. The Labute approximate surface area is 227 Å². The molecule has 2 saturated heterocycles. The summed E-state index contributed by atoms with van der Waals surface area (Å²) in [5.74, 6) is -0.243. The second-order valence-corrected chi connectivity index (χ2v) is 9.36. The van der Waals surface area contributed by atoms with Crippen molar-refractivity contribution in [3.8, 4) is 0 Å². The summed E-state index contributed by atoms with van der Waals surface area (Å²) in [6.07, 6.45) is -8.21. The van der Waals surface area contributed by atoms with Gasteiger partial charge < -0.3 is 25.6 Å². The average Bonchev–Trinajstić information content (AvgIpc) is 3.44. The van der Waals surface area contributed by atoms with Gasteiger partial charge in [0.2, 0.25) is 0 Å². The first-order valence-electron chi connectivity index (χ1n) is 12.2. The Morgan fingerprint density at radius 2 is 1.41 bits per heavy atom. The van der Waals surface area contributed by atoms with Crippen LogP contribution in [0.1, 0.15) is 29.5 Å². The molecule has 13 heteroatoms. The lowest BCUT2D eigenvalue weighted by Gasteiger charge is -2.33. The standard InChI is InChI=1S/C20H24F6N4O2.C6H5Cl/c21-19(22,23)14-9-13(10-15(11-14)20(24,25)26)12-28-17(29-5-7-32-8-6-29)16(27)18(31)30-3-1-2-4-30;7-6-4-2-1-3-5-6/h9-11,28H,1-8,12,27H2;1-5H/b17-16+;. The van der Waals surface area contributed by atoms with Crippen molar-refractivity contribution in [2.24, 2.45) is 5.73 Å². The minimum atomic E-state index is -4.94. The molecule has 0 saturated carbocycles. The average molecular weight is 579 g/mol. The van der Waals surface area contributed by atoms with Crippen molar-refractivity contribution in [1.29, 1.82) is 0 Å². The van der Waals surface area contributed by atoms with Crippen LogP contribution in [0.5, 0.6) is 0 Å². The van der Waals surface area contributed by atoms with Crippen LogP contribution in [0.15, 0.2) is 60.0 Å². The molecular weight excluding hydrogens is 550 g/mol. The first kappa shape index (κ1) is 30.4. The molecule has 2 aliphatic heterocycles. The number of likely N-dealkylation sites (tertiary alicyclic amines) is 1. The number of halogens is 7. The van der Waals surface area contributed by atoms with Gasteiger partial charge in [-0.15, -0.1) is 0 Å². The van der Waals surface area contributed by atoms with Crippen LogP contribution in [0.25, 0.3) is 0 Å². The molecule has 6 nitrogen and oxygen atoms in total. The Kier molecular flexibility index (Phi) is 10.4. The lowest BCUT2D eigenvalue weighted by molar-refractivity contribution is -0.143. The van der Waals surface area contributed by atoms with E-state index in [0.717, 1.165) is 17.9 Å². The van der Waals surface area contributed by atoms with Gasteiger partial charge in [0.15, 0.2) is 0 Å². The van der Waals surface area contributed by atoms with E-state index < -0.39 is 29.4 Å². The highest BCUT2D eigenvalue weighted by Crippen LogP contribution is 2.36. The van der Waals surface area contributed by atoms with Crippen LogP contribution < -0.4 is 11.1 Å². The third kappa shape index (κ3) is 8.96. The molecule has 2 heterocycles. The first-order valence-corrected chi connectivity index (χ1v) is 12.6. The van der Waals surface area contributed by atoms with Crippen molar-refractivity contribution in [3.63, 3.8) is 0 Å². The number of nitrogens with zero attached hydrogens (tertiary/aromatic N) is 2. The Balaban J connectivity index is 0.000000520. The third-order valence-electron chi connectivity index (χ3n) is 6.05. The van der Waals surface area contributed by atoms with Gasteiger partial charge >= 0.3 is 12.4 Å². The molecule has 39 heavy (non-hydrogen) atoms. The minimum Gasteiger partial charge on any atom is -0.391 e. The second kappa shape index (κ2) is 13.3. The number of amides is 1. The third-order valence-corrected chi connectivity index (χ3v) is 6.30. The maximum Gasteiger partial charge on any atom is 0.416 e. The van der Waals surface area contributed by atoms with Crippen LogP contribution in [0.4, 0.5) is 26.3 Å². The van der Waals surface area contributed by atoms with E-state index in [1.54, 1.807) is 9.80 Å². The lowest BCUT2D eigenvalue weighted by Crippen LogP contribution is -2.44. The van der Waals surface area contributed by atoms with Gasteiger partial charge in [0.1, 0.15) is 11.5 Å². The zero-order chi connectivity index (χ0) is 28.6. The quantitative estimate of drug-likeness (QED) is 0.375. The highest BCUT2D eigenvalue weighted by molar-refractivity contribution is 6.30. The maximum atomic E-state index is 13.1. The summed E-state index contributed by atoms with van der Waals surface area (Å²) in [5, 5.41) is 3.60. The molecular formula is C26H29ClF6N4O2. The molecule has 2 fully saturated rings. The number of carbonyl (C=O) groups is 1. The molecule has 0 aliphatic carbocycles. The number of benzene rings is 2. The van der Waals surface area contributed by atoms with Crippen molar-refractivity contribution in [1.82, 2.24) is 15.1 Å². The van der Waals surface area contributed by atoms with Gasteiger partial charge in [-0.1, -0.05) is 29.8 Å². The van der Waals surface area contributed by atoms with E-state index in [4.69, 9.17) is 22.1 Å². The van der Waals surface area contributed by atoms with Gasteiger partial charge in [-0.05, 0) is 48.7 Å². The number of alkyl halides is 6. The fraction of sp³-hybridized carbons (Fsp3) is 0.423. The fourth-order valence-corrected chi connectivity index (χ4v) is 4.22. The Bertz CT molecular complexity index is 1100. The van der Waals surface area contributed by atoms with Crippen LogP contribution in [0.2, 0.25) is 5.02 Å². The van der Waals surface area contributed by atoms with E-state index in [-0.39, 0.29) is 29.7 Å². The second-order valence-electron chi connectivity index (χ2n) is 8.92. The van der Waals surface area contributed by atoms with E-state index in [2.05, 4.69) is 5.32 Å². The lowest BCUT2D eigenvalue weighted by atomic mass is 10.0. The Hall–Kier alpha value is -3.12. The molecule has 0 bridgehead atoms. The normalized spacial score (nSPS) is 16.8. The van der Waals surface area contributed by atoms with Gasteiger partial charge in [0.25, 0.3) is 5.91 Å². The number of carbonyl (C=O) groups excluding carboxylic acids is 1. The Morgan fingerprint density at radius 1 is 0.872 bits per heavy atom. The van der Waals surface area contributed by atoms with Crippen LogP contribution >= 0.6 is 11.6 Å². The topological polar surface area (TPSA) is 70.8 Å². The van der Waals surface area contributed by atoms with Crippen molar-refractivity contribution in [2.45, 2.75) is 31.7 Å². The number of nitrogens with two attached hydrogens (primary N) is 1. The zero-order valence-corrected chi connectivity index (χ0v) is 21.7. The molecule has 3 N–H and O–H groups in total. The van der Waals surface area contributed by atoms with Gasteiger partial charge in [-0.2, -0.15) is 26.3 Å². The molecule has 0 aromatic heterocycles. The van der Waals surface area contributed by atoms with Crippen molar-refractivity contribution < 1.29 is 35.9 Å². The highest BCUT2D eigenvalue weighted by Gasteiger charge is 2.37. The summed E-state index contributed by atoms with van der Waals surface area (Å²) in [6, 6.07) is 10.8. The minimum absolute atomic E-state index is 0.0769. The molecule has 0 spiro atoms. The van der Waals surface area contributed by atoms with E-state index in [1.165, 1.54) is 0 Å². The van der Waals surface area contributed by atoms with E-state index in [9.17, 15) is 31.1 Å². The molecule has 1 amide bonds. The summed E-state index contributed by atoms with van der Waals surface area (Å²) < 4.78 is 84.1. The smallest absolute Gasteiger partial charge is 0.391 e. The SMILES string of the molecule is Clc1ccccc1.N/C(C(=O)N1CCCC1)=C(\NCc1cc(C(F)(F)F)cc(C(F)(F)F)c1)N1CCOCC1. The zero-order valence-electron chi connectivity index (χ0n) is 20.9. The summed E-state index contributed by atoms with van der Waals surface area (Å²) in [5.41, 5.74) is 2.95. The molecule has 0 radical (unpaired) electrons. The van der Waals surface area contributed by atoms with Crippen molar-refractivity contribution in [2.75, 3.05) is 39.4 Å². The Morgan fingerprint density at radius 3 is 1.87 bits per heavy atom. The summed E-state index contributed by atoms with van der Waals surface area (Å²) in [6.45, 7) is 2.13. The van der Waals surface area contributed by atoms with Gasteiger partial charge in [0.05, 0.1) is 24.3 Å². The van der Waals surface area contributed by atoms with Gasteiger partial charge in [0, 0.05) is 37.7 Å². The summed E-state index contributed by atoms with van der Waals surface area (Å²) in [7, 11) is 0. The first-order chi connectivity index (χ1) is 18.4. The van der Waals surface area contributed by atoms with Crippen LogP contribution in [0.3, 0.4) is 0 Å². The number of rotatable bonds is 5. The molecule has 2 aliphatic rings. The largest absolute Gasteiger partial charge is 0.416 e. The highest BCUT2D eigenvalue weighted by atomic mass is 35.5.